The first-order valence-corrected chi connectivity index (χ1v) is 8.87. The van der Waals surface area contributed by atoms with E-state index in [1.54, 1.807) is 6.07 Å². The first kappa shape index (κ1) is 18.0. The molecule has 1 N–H and O–H groups in total. The van der Waals surface area contributed by atoms with Crippen LogP contribution in [0.5, 0.6) is 5.75 Å². The molecule has 1 aliphatic heterocycles. The zero-order valence-corrected chi connectivity index (χ0v) is 14.9. The zero-order valence-electron chi connectivity index (χ0n) is 14.9. The summed E-state index contributed by atoms with van der Waals surface area (Å²) < 4.78 is 5.55. The second-order valence-corrected chi connectivity index (χ2v) is 6.55. The number of amides is 1. The van der Waals surface area contributed by atoms with Crippen molar-refractivity contribution in [2.75, 3.05) is 19.7 Å². The van der Waals surface area contributed by atoms with E-state index in [0.29, 0.717) is 17.9 Å². The van der Waals surface area contributed by atoms with E-state index >= 15 is 0 Å². The molecule has 5 heteroatoms. The number of benzene rings is 2. The highest BCUT2D eigenvalue weighted by molar-refractivity contribution is 5.78. The second-order valence-electron chi connectivity index (χ2n) is 6.55. The predicted octanol–water partition coefficient (Wildman–Crippen LogP) is 2.89. The number of nitriles is 1. The lowest BCUT2D eigenvalue weighted by Gasteiger charge is -2.21. The van der Waals surface area contributed by atoms with Crippen molar-refractivity contribution in [3.63, 3.8) is 0 Å². The van der Waals surface area contributed by atoms with Gasteiger partial charge in [0, 0.05) is 25.2 Å². The molecule has 1 fully saturated rings. The highest BCUT2D eigenvalue weighted by Crippen LogP contribution is 2.18. The summed E-state index contributed by atoms with van der Waals surface area (Å²) >= 11 is 0. The predicted molar refractivity (Wildman–Crippen MR) is 99.6 cm³/mol. The van der Waals surface area contributed by atoms with Crippen molar-refractivity contribution in [3.8, 4) is 11.8 Å². The van der Waals surface area contributed by atoms with Gasteiger partial charge in [-0.1, -0.05) is 30.3 Å². The molecule has 0 radical (unpaired) electrons. The molecule has 5 nitrogen and oxygen atoms in total. The molecule has 0 unspecified atom stereocenters. The van der Waals surface area contributed by atoms with Gasteiger partial charge in [-0.3, -0.25) is 4.79 Å². The molecule has 1 amide bonds. The number of ether oxygens (including phenoxy) is 1. The zero-order chi connectivity index (χ0) is 18.4. The Hall–Kier alpha value is -2.84. The molecule has 0 saturated carbocycles. The van der Waals surface area contributed by atoms with Gasteiger partial charge in [-0.25, -0.2) is 0 Å². The van der Waals surface area contributed by atoms with E-state index in [4.69, 9.17) is 10.00 Å². The van der Waals surface area contributed by atoms with E-state index in [1.807, 2.05) is 53.4 Å². The van der Waals surface area contributed by atoms with Crippen LogP contribution in [0.4, 0.5) is 0 Å². The summed E-state index contributed by atoms with van der Waals surface area (Å²) in [5.41, 5.74) is 1.75. The van der Waals surface area contributed by atoms with Crippen LogP contribution in [0.2, 0.25) is 0 Å². The number of likely N-dealkylation sites (tertiary alicyclic amines) is 1. The normalized spacial score (nSPS) is 17.5. The number of hydrogen-bond donors (Lipinski definition) is 1. The highest BCUT2D eigenvalue weighted by Gasteiger charge is 2.27. The van der Waals surface area contributed by atoms with E-state index in [9.17, 15) is 4.79 Å². The monoisotopic (exact) mass is 349 g/mol. The summed E-state index contributed by atoms with van der Waals surface area (Å²) in [6.07, 6.45) is 0.916. The number of para-hydroxylation sites is 1. The van der Waals surface area contributed by atoms with Gasteiger partial charge >= 0.3 is 0 Å². The Labute approximate surface area is 154 Å². The van der Waals surface area contributed by atoms with Gasteiger partial charge in [0.25, 0.3) is 5.91 Å². The van der Waals surface area contributed by atoms with Crippen molar-refractivity contribution in [2.45, 2.75) is 25.4 Å². The van der Waals surface area contributed by atoms with Crippen LogP contribution in [0.1, 0.15) is 30.5 Å². The fourth-order valence-electron chi connectivity index (χ4n) is 3.20. The number of nitrogens with one attached hydrogen (secondary N) is 1. The number of carbonyl (C=O) groups excluding carboxylic acids is 1. The Bertz CT molecular complexity index is 785. The quantitative estimate of drug-likeness (QED) is 0.871. The van der Waals surface area contributed by atoms with Crippen LogP contribution < -0.4 is 10.1 Å². The molecule has 2 aromatic rings. The van der Waals surface area contributed by atoms with Crippen LogP contribution in [0.3, 0.4) is 0 Å². The Morgan fingerprint density at radius 3 is 2.88 bits per heavy atom. The molecule has 1 saturated heterocycles. The van der Waals surface area contributed by atoms with Gasteiger partial charge in [0.15, 0.2) is 6.61 Å². The first-order chi connectivity index (χ1) is 12.7. The molecule has 3 rings (SSSR count). The Balaban J connectivity index is 1.48. The van der Waals surface area contributed by atoms with E-state index in [-0.39, 0.29) is 24.6 Å². The third-order valence-electron chi connectivity index (χ3n) is 4.65. The minimum absolute atomic E-state index is 0.0114. The molecule has 0 aliphatic carbocycles. The maximum Gasteiger partial charge on any atom is 0.260 e. The van der Waals surface area contributed by atoms with Crippen LogP contribution in [-0.4, -0.2) is 36.5 Å². The summed E-state index contributed by atoms with van der Waals surface area (Å²) in [5, 5.41) is 12.6. The molecular formula is C21H23N3O2. The summed E-state index contributed by atoms with van der Waals surface area (Å²) in [5.74, 6) is 0.720. The third kappa shape index (κ3) is 4.62. The Morgan fingerprint density at radius 2 is 2.12 bits per heavy atom. The Morgan fingerprint density at radius 1 is 1.31 bits per heavy atom. The van der Waals surface area contributed by atoms with Crippen molar-refractivity contribution >= 4 is 5.91 Å². The maximum atomic E-state index is 12.3. The lowest BCUT2D eigenvalue weighted by Crippen LogP contribution is -2.38. The highest BCUT2D eigenvalue weighted by atomic mass is 16.5. The molecule has 26 heavy (non-hydrogen) atoms. The number of nitrogens with zero attached hydrogens (tertiary/aromatic N) is 2. The van der Waals surface area contributed by atoms with E-state index in [1.165, 1.54) is 0 Å². The Kier molecular flexibility index (Phi) is 5.88. The van der Waals surface area contributed by atoms with Gasteiger partial charge in [0.2, 0.25) is 0 Å². The summed E-state index contributed by atoms with van der Waals surface area (Å²) in [7, 11) is 0. The van der Waals surface area contributed by atoms with E-state index < -0.39 is 0 Å². The van der Waals surface area contributed by atoms with Gasteiger partial charge in [0.05, 0.1) is 11.6 Å². The van der Waals surface area contributed by atoms with Crippen LogP contribution in [0, 0.1) is 11.3 Å². The first-order valence-electron chi connectivity index (χ1n) is 8.87. The van der Waals surface area contributed by atoms with Crippen LogP contribution in [0.15, 0.2) is 54.6 Å². The molecule has 2 aromatic carbocycles. The van der Waals surface area contributed by atoms with E-state index in [2.05, 4.69) is 18.3 Å². The van der Waals surface area contributed by atoms with Gasteiger partial charge in [-0.05, 0) is 43.2 Å². The molecule has 2 atom stereocenters. The summed E-state index contributed by atoms with van der Waals surface area (Å²) in [6, 6.07) is 19.6. The van der Waals surface area contributed by atoms with Crippen molar-refractivity contribution in [2.24, 2.45) is 0 Å². The number of hydrogen-bond acceptors (Lipinski definition) is 4. The smallest absolute Gasteiger partial charge is 0.260 e. The summed E-state index contributed by atoms with van der Waals surface area (Å²) in [4.78, 5) is 14.2. The van der Waals surface area contributed by atoms with Gasteiger partial charge in [-0.15, -0.1) is 0 Å². The molecule has 0 bridgehead atoms. The lowest BCUT2D eigenvalue weighted by molar-refractivity contribution is -0.132. The van der Waals surface area contributed by atoms with E-state index in [0.717, 1.165) is 18.5 Å². The summed E-state index contributed by atoms with van der Waals surface area (Å²) in [6.45, 7) is 3.56. The van der Waals surface area contributed by atoms with Crippen molar-refractivity contribution in [1.29, 1.82) is 5.26 Å². The minimum atomic E-state index is 0.0114. The SMILES string of the molecule is C[C@H](N[C@H]1CCN(C(=O)COc2ccccc2)C1)c1cccc(C#N)c1. The fraction of sp³-hybridized carbons (Fsp3) is 0.333. The van der Waals surface area contributed by atoms with Gasteiger partial charge in [0.1, 0.15) is 5.75 Å². The van der Waals surface area contributed by atoms with Crippen molar-refractivity contribution < 1.29 is 9.53 Å². The minimum Gasteiger partial charge on any atom is -0.484 e. The molecular weight excluding hydrogens is 326 g/mol. The number of rotatable bonds is 6. The van der Waals surface area contributed by atoms with Crippen LogP contribution in [0.25, 0.3) is 0 Å². The molecule has 0 spiro atoms. The van der Waals surface area contributed by atoms with Crippen LogP contribution in [-0.2, 0) is 4.79 Å². The third-order valence-corrected chi connectivity index (χ3v) is 4.65. The average molecular weight is 349 g/mol. The van der Waals surface area contributed by atoms with Gasteiger partial charge < -0.3 is 15.0 Å². The lowest BCUT2D eigenvalue weighted by atomic mass is 10.0. The van der Waals surface area contributed by atoms with Crippen molar-refractivity contribution in [1.82, 2.24) is 10.2 Å². The fourth-order valence-corrected chi connectivity index (χ4v) is 3.20. The largest absolute Gasteiger partial charge is 0.484 e. The maximum absolute atomic E-state index is 12.3. The second kappa shape index (κ2) is 8.50. The molecule has 0 aromatic heterocycles. The number of carbonyl (C=O) groups is 1. The van der Waals surface area contributed by atoms with Crippen LogP contribution >= 0.6 is 0 Å². The average Bonchev–Trinajstić information content (AvgIpc) is 3.15. The standard InChI is InChI=1S/C21H23N3O2/c1-16(18-7-5-6-17(12-18)13-22)23-19-10-11-24(14-19)21(25)15-26-20-8-3-2-4-9-20/h2-9,12,16,19,23H,10-11,14-15H2,1H3/t16-,19-/m0/s1. The van der Waals surface area contributed by atoms with Gasteiger partial charge in [-0.2, -0.15) is 5.26 Å². The molecule has 134 valence electrons. The van der Waals surface area contributed by atoms with Crippen molar-refractivity contribution in [3.05, 3.63) is 65.7 Å². The molecule has 1 heterocycles. The molecule has 1 aliphatic rings. The topological polar surface area (TPSA) is 65.4 Å².